The van der Waals surface area contributed by atoms with Gasteiger partial charge >= 0.3 is 0 Å². The summed E-state index contributed by atoms with van der Waals surface area (Å²) in [6.45, 7) is 2.83. The van der Waals surface area contributed by atoms with Gasteiger partial charge in [-0.1, -0.05) is 25.0 Å². The Morgan fingerprint density at radius 2 is 1.58 bits per heavy atom. The van der Waals surface area contributed by atoms with Crippen molar-refractivity contribution in [3.05, 3.63) is 59.9 Å². The van der Waals surface area contributed by atoms with Crippen molar-refractivity contribution in [1.29, 1.82) is 0 Å². The highest BCUT2D eigenvalue weighted by molar-refractivity contribution is 7.89. The highest BCUT2D eigenvalue weighted by atomic mass is 32.2. The largest absolute Gasteiger partial charge is 0.345 e. The second kappa shape index (κ2) is 9.15. The predicted octanol–water partition coefficient (Wildman–Crippen LogP) is 3.04. The van der Waals surface area contributed by atoms with Crippen LogP contribution in [0.1, 0.15) is 45.1 Å². The summed E-state index contributed by atoms with van der Waals surface area (Å²) in [5.41, 5.74) is 0.646. The van der Waals surface area contributed by atoms with Gasteiger partial charge in [-0.05, 0) is 61.7 Å². The van der Waals surface area contributed by atoms with Gasteiger partial charge in [-0.25, -0.2) is 12.8 Å². The van der Waals surface area contributed by atoms with Gasteiger partial charge in [0.05, 0.1) is 16.5 Å². The third kappa shape index (κ3) is 5.48. The first kappa shape index (κ1) is 22.9. The number of halogens is 1. The Balaban J connectivity index is 1.71. The summed E-state index contributed by atoms with van der Waals surface area (Å²) in [6, 6.07) is 10.7. The van der Waals surface area contributed by atoms with E-state index in [2.05, 4.69) is 15.4 Å². The molecular weight excluding hydrogens is 421 g/mol. The van der Waals surface area contributed by atoms with E-state index in [4.69, 9.17) is 0 Å². The van der Waals surface area contributed by atoms with Crippen molar-refractivity contribution in [3.63, 3.8) is 0 Å². The van der Waals surface area contributed by atoms with Crippen molar-refractivity contribution in [2.75, 3.05) is 5.32 Å². The summed E-state index contributed by atoms with van der Waals surface area (Å²) in [7, 11) is -3.95. The zero-order valence-electron chi connectivity index (χ0n) is 17.4. The van der Waals surface area contributed by atoms with E-state index in [1.165, 1.54) is 50.2 Å². The first-order chi connectivity index (χ1) is 14.6. The summed E-state index contributed by atoms with van der Waals surface area (Å²) in [5.74, 6) is -1.07. The minimum Gasteiger partial charge on any atom is -0.345 e. The molecule has 9 heteroatoms. The van der Waals surface area contributed by atoms with Crippen LogP contribution in [-0.4, -0.2) is 26.3 Å². The van der Waals surface area contributed by atoms with Crippen LogP contribution in [0.4, 0.5) is 10.1 Å². The van der Waals surface area contributed by atoms with Crippen LogP contribution in [-0.2, 0) is 25.2 Å². The highest BCUT2D eigenvalue weighted by Crippen LogP contribution is 2.38. The minimum atomic E-state index is -3.95. The maximum Gasteiger partial charge on any atom is 0.241 e. The number of anilines is 1. The lowest BCUT2D eigenvalue weighted by Crippen LogP contribution is -2.52. The van der Waals surface area contributed by atoms with Crippen LogP contribution >= 0.6 is 0 Å². The Hall–Kier alpha value is -2.78. The predicted molar refractivity (Wildman–Crippen MR) is 115 cm³/mol. The Morgan fingerprint density at radius 1 is 1.00 bits per heavy atom. The van der Waals surface area contributed by atoms with Crippen LogP contribution in [0.25, 0.3) is 0 Å². The van der Waals surface area contributed by atoms with Gasteiger partial charge in [0.15, 0.2) is 0 Å². The van der Waals surface area contributed by atoms with Crippen LogP contribution < -0.4 is 15.4 Å². The number of hydrogen-bond donors (Lipinski definition) is 3. The molecule has 0 aromatic heterocycles. The Kier molecular flexibility index (Phi) is 6.76. The minimum absolute atomic E-state index is 0.0182. The number of nitrogens with one attached hydrogen (secondary N) is 3. The van der Waals surface area contributed by atoms with Crippen molar-refractivity contribution < 1.29 is 22.4 Å². The molecule has 1 aliphatic carbocycles. The van der Waals surface area contributed by atoms with E-state index in [0.717, 1.165) is 18.4 Å². The quantitative estimate of drug-likeness (QED) is 0.607. The van der Waals surface area contributed by atoms with E-state index in [-0.39, 0.29) is 16.6 Å². The third-order valence-electron chi connectivity index (χ3n) is 5.43. The molecule has 1 saturated carbocycles. The molecule has 166 valence electrons. The molecule has 3 rings (SSSR count). The monoisotopic (exact) mass is 447 g/mol. The molecule has 1 atom stereocenters. The van der Waals surface area contributed by atoms with Gasteiger partial charge in [-0.15, -0.1) is 0 Å². The standard InChI is InChI=1S/C22H26FN3O4S/c1-15(26-31(29,30)20-11-9-19(10-12-20)24-16(2)27)21(28)25-22(13-3-4-14-22)17-5-7-18(23)8-6-17/h5-12,15,26H,3-4,13-14H2,1-2H3,(H,24,27)(H,25,28)/t15-/m0/s1. The summed E-state index contributed by atoms with van der Waals surface area (Å²) in [5, 5.41) is 5.56. The Morgan fingerprint density at radius 3 is 2.13 bits per heavy atom. The second-order valence-corrected chi connectivity index (χ2v) is 9.55. The molecule has 7 nitrogen and oxygen atoms in total. The van der Waals surface area contributed by atoms with Crippen LogP contribution in [0.15, 0.2) is 53.4 Å². The summed E-state index contributed by atoms with van der Waals surface area (Å²) in [4.78, 5) is 23.9. The van der Waals surface area contributed by atoms with Crippen molar-refractivity contribution in [2.24, 2.45) is 0 Å². The summed E-state index contributed by atoms with van der Waals surface area (Å²) >= 11 is 0. The molecule has 0 saturated heterocycles. The van der Waals surface area contributed by atoms with Gasteiger partial charge in [-0.2, -0.15) is 4.72 Å². The van der Waals surface area contributed by atoms with Crippen molar-refractivity contribution in [1.82, 2.24) is 10.0 Å². The molecule has 3 N–H and O–H groups in total. The average molecular weight is 448 g/mol. The highest BCUT2D eigenvalue weighted by Gasteiger charge is 2.38. The second-order valence-electron chi connectivity index (χ2n) is 7.83. The van der Waals surface area contributed by atoms with E-state index in [1.807, 2.05) is 0 Å². The fraction of sp³-hybridized carbons (Fsp3) is 0.364. The summed E-state index contributed by atoms with van der Waals surface area (Å²) < 4.78 is 41.1. The van der Waals surface area contributed by atoms with Gasteiger partial charge < -0.3 is 10.6 Å². The topological polar surface area (TPSA) is 104 Å². The summed E-state index contributed by atoms with van der Waals surface area (Å²) in [6.07, 6.45) is 3.24. The van der Waals surface area contributed by atoms with E-state index in [9.17, 15) is 22.4 Å². The molecule has 0 heterocycles. The SMILES string of the molecule is CC(=O)Nc1ccc(S(=O)(=O)N[C@@H](C)C(=O)NC2(c3ccc(F)cc3)CCCC2)cc1. The molecule has 1 fully saturated rings. The van der Waals surface area contributed by atoms with E-state index >= 15 is 0 Å². The van der Waals surface area contributed by atoms with Crippen molar-refractivity contribution >= 4 is 27.5 Å². The number of hydrogen-bond acceptors (Lipinski definition) is 4. The van der Waals surface area contributed by atoms with Crippen LogP contribution in [0.3, 0.4) is 0 Å². The number of sulfonamides is 1. The number of rotatable bonds is 7. The first-order valence-corrected chi connectivity index (χ1v) is 11.6. The lowest BCUT2D eigenvalue weighted by Gasteiger charge is -2.32. The Bertz CT molecular complexity index is 1050. The average Bonchev–Trinajstić information content (AvgIpc) is 3.17. The van der Waals surface area contributed by atoms with Crippen LogP contribution in [0.5, 0.6) is 0 Å². The molecule has 0 unspecified atom stereocenters. The third-order valence-corrected chi connectivity index (χ3v) is 6.98. The smallest absolute Gasteiger partial charge is 0.241 e. The molecular formula is C22H26FN3O4S. The molecule has 0 spiro atoms. The van der Waals surface area contributed by atoms with E-state index in [1.54, 1.807) is 12.1 Å². The van der Waals surface area contributed by atoms with Gasteiger partial charge in [-0.3, -0.25) is 9.59 Å². The first-order valence-electron chi connectivity index (χ1n) is 10.1. The number of amides is 2. The fourth-order valence-electron chi connectivity index (χ4n) is 3.85. The molecule has 31 heavy (non-hydrogen) atoms. The zero-order valence-corrected chi connectivity index (χ0v) is 18.3. The zero-order chi connectivity index (χ0) is 22.6. The van der Waals surface area contributed by atoms with Gasteiger partial charge in [0, 0.05) is 12.6 Å². The van der Waals surface area contributed by atoms with Gasteiger partial charge in [0.1, 0.15) is 5.82 Å². The van der Waals surface area contributed by atoms with Crippen molar-refractivity contribution in [3.8, 4) is 0 Å². The Labute approximate surface area is 181 Å². The molecule has 1 aliphatic rings. The van der Waals surface area contributed by atoms with Crippen LogP contribution in [0, 0.1) is 5.82 Å². The molecule has 0 bridgehead atoms. The van der Waals surface area contributed by atoms with E-state index in [0.29, 0.717) is 18.5 Å². The lowest BCUT2D eigenvalue weighted by molar-refractivity contribution is -0.124. The molecule has 0 radical (unpaired) electrons. The molecule has 2 aromatic rings. The van der Waals surface area contributed by atoms with Gasteiger partial charge in [0.2, 0.25) is 21.8 Å². The number of carbonyl (C=O) groups is 2. The van der Waals surface area contributed by atoms with Gasteiger partial charge in [0.25, 0.3) is 0 Å². The molecule has 2 aromatic carbocycles. The lowest BCUT2D eigenvalue weighted by atomic mass is 9.88. The molecule has 2 amide bonds. The van der Waals surface area contributed by atoms with Crippen molar-refractivity contribution in [2.45, 2.75) is 56.0 Å². The maximum absolute atomic E-state index is 13.3. The number of carbonyl (C=O) groups excluding carboxylic acids is 2. The van der Waals surface area contributed by atoms with E-state index < -0.39 is 27.5 Å². The fourth-order valence-corrected chi connectivity index (χ4v) is 5.06. The number of benzene rings is 2. The normalized spacial score (nSPS) is 16.5. The maximum atomic E-state index is 13.3. The molecule has 0 aliphatic heterocycles. The van der Waals surface area contributed by atoms with Crippen LogP contribution in [0.2, 0.25) is 0 Å².